The summed E-state index contributed by atoms with van der Waals surface area (Å²) in [5.41, 5.74) is 7.45. The third kappa shape index (κ3) is 7.79. The van der Waals surface area contributed by atoms with Gasteiger partial charge in [0.2, 0.25) is 5.75 Å². The van der Waals surface area contributed by atoms with Gasteiger partial charge < -0.3 is 27.9 Å². The molecule has 0 radical (unpaired) electrons. The fourth-order valence-electron chi connectivity index (χ4n) is 4.63. The lowest BCUT2D eigenvalue weighted by Crippen LogP contribution is -2.16. The molecule has 5 aromatic rings. The van der Waals surface area contributed by atoms with Crippen LogP contribution in [0.25, 0.3) is 5.69 Å². The molecule has 45 heavy (non-hydrogen) atoms. The number of hydrogen-bond donors (Lipinski definition) is 1. The van der Waals surface area contributed by atoms with Crippen LogP contribution < -0.4 is 24.4 Å². The number of amides is 1. The average Bonchev–Trinajstić information content (AvgIpc) is 3.65. The fourth-order valence-corrected chi connectivity index (χ4v) is 5.79. The van der Waals surface area contributed by atoms with E-state index in [9.17, 15) is 4.79 Å². The summed E-state index contributed by atoms with van der Waals surface area (Å²) in [6.07, 6.45) is 1.48. The van der Waals surface area contributed by atoms with Crippen molar-refractivity contribution in [2.75, 3.05) is 14.2 Å². The molecule has 2 heterocycles. The number of carbonyl (C=O) groups excluding carboxylic acids is 1. The zero-order valence-electron chi connectivity index (χ0n) is 25.1. The molecule has 0 spiro atoms. The first-order valence-corrected chi connectivity index (χ1v) is 15.5. The molecular weight excluding hydrogens is 706 g/mol. The summed E-state index contributed by atoms with van der Waals surface area (Å²) in [5, 5.41) is 4.08. The monoisotopic (exact) mass is 735 g/mol. The van der Waals surface area contributed by atoms with Crippen molar-refractivity contribution in [1.82, 2.24) is 9.99 Å². The zero-order chi connectivity index (χ0) is 31.9. The maximum absolute atomic E-state index is 12.7. The molecule has 5 rings (SSSR count). The van der Waals surface area contributed by atoms with E-state index in [0.717, 1.165) is 31.6 Å². The quantitative estimate of drug-likeness (QED) is 0.103. The van der Waals surface area contributed by atoms with Gasteiger partial charge >= 0.3 is 5.91 Å². The highest BCUT2D eigenvalue weighted by atomic mass is 79.9. The van der Waals surface area contributed by atoms with Crippen molar-refractivity contribution in [3.8, 4) is 28.7 Å². The molecule has 1 amide bonds. The largest absolute Gasteiger partial charge is 0.493 e. The smallest absolute Gasteiger partial charge is 0.307 e. The number of hydrazone groups is 1. The van der Waals surface area contributed by atoms with Crippen molar-refractivity contribution in [1.29, 1.82) is 0 Å². The second kappa shape index (κ2) is 14.5. The SMILES string of the molecule is COc1cc(/C=N/NC(=O)c2ccc(COc3ccc(-n4c(C)ccc4C)cc3)o2)cc(OC)c1OCc1ccc(Br)cc1Br. The van der Waals surface area contributed by atoms with Gasteiger partial charge in [-0.15, -0.1) is 0 Å². The van der Waals surface area contributed by atoms with Gasteiger partial charge in [-0.05, 0) is 86.6 Å². The molecule has 0 aliphatic rings. The van der Waals surface area contributed by atoms with Gasteiger partial charge in [0, 0.05) is 37.1 Å². The Labute approximate surface area is 278 Å². The van der Waals surface area contributed by atoms with Gasteiger partial charge in [0.1, 0.15) is 24.7 Å². The number of aryl methyl sites for hydroxylation is 2. The van der Waals surface area contributed by atoms with E-state index in [0.29, 0.717) is 40.9 Å². The zero-order valence-corrected chi connectivity index (χ0v) is 28.3. The molecule has 0 saturated heterocycles. The molecule has 1 N–H and O–H groups in total. The highest BCUT2D eigenvalue weighted by Crippen LogP contribution is 2.39. The Morgan fingerprint density at radius 1 is 0.867 bits per heavy atom. The van der Waals surface area contributed by atoms with Crippen LogP contribution in [0.1, 0.15) is 38.8 Å². The molecular formula is C34H31Br2N3O6. The van der Waals surface area contributed by atoms with Gasteiger partial charge in [-0.2, -0.15) is 5.10 Å². The van der Waals surface area contributed by atoms with Crippen molar-refractivity contribution < 1.29 is 28.2 Å². The number of nitrogens with one attached hydrogen (secondary N) is 1. The molecule has 0 saturated carbocycles. The number of hydrogen-bond acceptors (Lipinski definition) is 7. The molecule has 9 nitrogen and oxygen atoms in total. The summed E-state index contributed by atoms with van der Waals surface area (Å²) >= 11 is 7.01. The molecule has 0 bridgehead atoms. The lowest BCUT2D eigenvalue weighted by Gasteiger charge is -2.16. The Bertz CT molecular complexity index is 1780. The van der Waals surface area contributed by atoms with Crippen LogP contribution in [0, 0.1) is 13.8 Å². The van der Waals surface area contributed by atoms with E-state index in [1.807, 2.05) is 42.5 Å². The van der Waals surface area contributed by atoms with Gasteiger partial charge in [-0.3, -0.25) is 4.79 Å². The van der Waals surface area contributed by atoms with Gasteiger partial charge in [-0.1, -0.05) is 37.9 Å². The maximum Gasteiger partial charge on any atom is 0.307 e. The predicted molar refractivity (Wildman–Crippen MR) is 179 cm³/mol. The molecule has 232 valence electrons. The van der Waals surface area contributed by atoms with Crippen molar-refractivity contribution in [2.45, 2.75) is 27.1 Å². The van der Waals surface area contributed by atoms with Gasteiger partial charge in [-0.25, -0.2) is 5.43 Å². The normalized spacial score (nSPS) is 11.1. The second-order valence-corrected chi connectivity index (χ2v) is 11.7. The number of nitrogens with zero attached hydrogens (tertiary/aromatic N) is 2. The van der Waals surface area contributed by atoms with E-state index in [2.05, 4.69) is 72.9 Å². The molecule has 11 heteroatoms. The first-order valence-electron chi connectivity index (χ1n) is 13.9. The van der Waals surface area contributed by atoms with E-state index in [1.54, 1.807) is 38.5 Å². The molecule has 0 fully saturated rings. The minimum atomic E-state index is -0.502. The first-order chi connectivity index (χ1) is 21.7. The van der Waals surface area contributed by atoms with Crippen LogP contribution in [0.3, 0.4) is 0 Å². The highest BCUT2D eigenvalue weighted by Gasteiger charge is 2.16. The second-order valence-electron chi connectivity index (χ2n) is 9.98. The van der Waals surface area contributed by atoms with Crippen molar-refractivity contribution in [3.05, 3.63) is 122 Å². The minimum Gasteiger partial charge on any atom is -0.493 e. The summed E-state index contributed by atoms with van der Waals surface area (Å²) < 4.78 is 32.7. The number of benzene rings is 3. The van der Waals surface area contributed by atoms with E-state index < -0.39 is 5.91 Å². The maximum atomic E-state index is 12.7. The lowest BCUT2D eigenvalue weighted by atomic mass is 10.2. The molecule has 0 unspecified atom stereocenters. The van der Waals surface area contributed by atoms with Crippen LogP contribution in [-0.2, 0) is 13.2 Å². The number of carbonyl (C=O) groups is 1. The lowest BCUT2D eigenvalue weighted by molar-refractivity contribution is 0.0923. The number of aromatic nitrogens is 1. The standard InChI is InChI=1S/C34H31Br2N3O6/c1-21-5-6-22(2)39(21)26-9-11-27(12-10-26)43-20-28-13-14-30(45-28)34(40)38-37-18-23-15-31(41-3)33(32(16-23)42-4)44-19-24-7-8-25(35)17-29(24)36/h5-18H,19-20H2,1-4H3,(H,38,40)/b37-18+. The first kappa shape index (κ1) is 31.9. The van der Waals surface area contributed by atoms with Crippen LogP contribution in [-0.4, -0.2) is 30.9 Å². The summed E-state index contributed by atoms with van der Waals surface area (Å²) in [6, 6.07) is 24.6. The molecule has 3 aromatic carbocycles. The molecule has 0 aliphatic carbocycles. The van der Waals surface area contributed by atoms with E-state index >= 15 is 0 Å². The van der Waals surface area contributed by atoms with Crippen molar-refractivity contribution in [3.63, 3.8) is 0 Å². The van der Waals surface area contributed by atoms with Crippen molar-refractivity contribution in [2.24, 2.45) is 5.10 Å². The van der Waals surface area contributed by atoms with Crippen LogP contribution in [0.2, 0.25) is 0 Å². The Kier molecular flexibility index (Phi) is 10.3. The Balaban J connectivity index is 1.17. The average molecular weight is 737 g/mol. The van der Waals surface area contributed by atoms with E-state index in [1.165, 1.54) is 6.21 Å². The van der Waals surface area contributed by atoms with Crippen LogP contribution >= 0.6 is 31.9 Å². The summed E-state index contributed by atoms with van der Waals surface area (Å²) in [4.78, 5) is 12.7. The van der Waals surface area contributed by atoms with Gasteiger partial charge in [0.05, 0.1) is 20.4 Å². The van der Waals surface area contributed by atoms with Gasteiger partial charge in [0.15, 0.2) is 17.3 Å². The number of rotatable bonds is 12. The van der Waals surface area contributed by atoms with E-state index in [4.69, 9.17) is 23.4 Å². The van der Waals surface area contributed by atoms with Gasteiger partial charge in [0.25, 0.3) is 0 Å². The van der Waals surface area contributed by atoms with Crippen LogP contribution in [0.5, 0.6) is 23.0 Å². The minimum absolute atomic E-state index is 0.109. The molecule has 0 aliphatic heterocycles. The Morgan fingerprint density at radius 3 is 2.20 bits per heavy atom. The van der Waals surface area contributed by atoms with Crippen LogP contribution in [0.4, 0.5) is 0 Å². The number of methoxy groups -OCH3 is 2. The summed E-state index contributed by atoms with van der Waals surface area (Å²) in [5.74, 6) is 2.16. The number of furan rings is 1. The van der Waals surface area contributed by atoms with Crippen molar-refractivity contribution >= 4 is 44.0 Å². The number of halogens is 2. The summed E-state index contributed by atoms with van der Waals surface area (Å²) in [7, 11) is 3.08. The highest BCUT2D eigenvalue weighted by molar-refractivity contribution is 9.11. The molecule has 0 atom stereocenters. The predicted octanol–water partition coefficient (Wildman–Crippen LogP) is 8.15. The third-order valence-electron chi connectivity index (χ3n) is 6.88. The van der Waals surface area contributed by atoms with Crippen LogP contribution in [0.15, 0.2) is 97.3 Å². The van der Waals surface area contributed by atoms with E-state index in [-0.39, 0.29) is 12.4 Å². The topological polar surface area (TPSA) is 96.5 Å². The fraction of sp³-hybridized carbons (Fsp3) is 0.176. The Morgan fingerprint density at radius 2 is 1.56 bits per heavy atom. The number of ether oxygens (including phenoxy) is 4. The molecule has 2 aromatic heterocycles. The Hall–Kier alpha value is -4.48. The summed E-state index contributed by atoms with van der Waals surface area (Å²) in [6.45, 7) is 4.60. The third-order valence-corrected chi connectivity index (χ3v) is 8.11.